The summed E-state index contributed by atoms with van der Waals surface area (Å²) in [5.41, 5.74) is 2.73. The molecule has 0 saturated heterocycles. The quantitative estimate of drug-likeness (QED) is 0.104. The second kappa shape index (κ2) is 11.3. The van der Waals surface area contributed by atoms with Crippen LogP contribution in [0.15, 0.2) is 54.6 Å². The zero-order valence-corrected chi connectivity index (χ0v) is 26.6. The number of phenolic OH excluding ortho intramolecular Hbond substituents is 1. The van der Waals surface area contributed by atoms with Gasteiger partial charge in [-0.15, -0.1) is 0 Å². The number of benzene rings is 3. The normalized spacial score (nSPS) is 17.7. The van der Waals surface area contributed by atoms with Crippen LogP contribution in [0.25, 0.3) is 6.08 Å². The number of ketones is 2. The van der Waals surface area contributed by atoms with Crippen molar-refractivity contribution in [1.29, 1.82) is 0 Å². The number of hydrogen-bond donors (Lipinski definition) is 1. The van der Waals surface area contributed by atoms with Crippen LogP contribution in [0.1, 0.15) is 90.9 Å². The lowest BCUT2D eigenvalue weighted by molar-refractivity contribution is -0.385. The predicted octanol–water partition coefficient (Wildman–Crippen LogP) is 6.96. The second-order valence-corrected chi connectivity index (χ2v) is 13.8. The number of ether oxygens (including phenoxy) is 1. The molecule has 0 bridgehead atoms. The van der Waals surface area contributed by atoms with Crippen molar-refractivity contribution >= 4 is 35.0 Å². The number of carbonyl (C=O) groups is 3. The Hall–Kier alpha value is -4.79. The zero-order valence-electron chi connectivity index (χ0n) is 26.6. The number of carbonyl (C=O) groups excluding carboxylic acids is 3. The Balaban J connectivity index is 1.38. The molecule has 0 fully saturated rings. The van der Waals surface area contributed by atoms with E-state index in [9.17, 15) is 29.6 Å². The number of phenols is 1. The summed E-state index contributed by atoms with van der Waals surface area (Å²) in [6.45, 7) is 12.2. The Morgan fingerprint density at radius 3 is 2.20 bits per heavy atom. The Morgan fingerprint density at radius 2 is 1.60 bits per heavy atom. The first-order valence-corrected chi connectivity index (χ1v) is 15.0. The van der Waals surface area contributed by atoms with Gasteiger partial charge in [-0.25, -0.2) is 0 Å². The van der Waals surface area contributed by atoms with Crippen molar-refractivity contribution in [3.63, 3.8) is 0 Å². The van der Waals surface area contributed by atoms with Gasteiger partial charge in [0.15, 0.2) is 17.3 Å². The third-order valence-electron chi connectivity index (χ3n) is 8.59. The van der Waals surface area contributed by atoms with Gasteiger partial charge in [0, 0.05) is 30.7 Å². The van der Waals surface area contributed by atoms with Crippen molar-refractivity contribution in [2.45, 2.75) is 71.3 Å². The topological polar surface area (TPSA) is 127 Å². The minimum Gasteiger partial charge on any atom is -0.507 e. The molecule has 0 aromatic heterocycles. The molecule has 2 unspecified atom stereocenters. The summed E-state index contributed by atoms with van der Waals surface area (Å²) in [6, 6.07) is 12.5. The van der Waals surface area contributed by atoms with Gasteiger partial charge in [-0.05, 0) is 40.0 Å². The van der Waals surface area contributed by atoms with Gasteiger partial charge in [0.25, 0.3) is 5.69 Å². The molecule has 1 aliphatic carbocycles. The van der Waals surface area contributed by atoms with E-state index in [1.165, 1.54) is 18.2 Å². The molecular formula is C36H38N2O7. The number of aryl methyl sites for hydroxylation is 1. The van der Waals surface area contributed by atoms with Crippen LogP contribution in [0, 0.1) is 16.0 Å². The number of nitrogens with zero attached hydrogens (tertiary/aromatic N) is 2. The summed E-state index contributed by atoms with van der Waals surface area (Å²) in [6.07, 6.45) is 3.99. The number of aromatic hydroxyl groups is 1. The first-order chi connectivity index (χ1) is 21.0. The van der Waals surface area contributed by atoms with E-state index < -0.39 is 34.4 Å². The standard InChI is InChI=1S/C36H38N2O7/c1-35(2,3)23-18-20(19-24(33(23)41)36(4,5)6)14-17-28(39)45-27-13-8-10-21-15-16-25(37(7)31(21)27)30-32(40)22-11-9-12-26(38(43)44)29(22)34(30)42/h8-13,15-16,18-19,25,30,41H,14,17H2,1-7H3. The molecule has 0 saturated carbocycles. The van der Waals surface area contributed by atoms with Gasteiger partial charge in [0.2, 0.25) is 0 Å². The van der Waals surface area contributed by atoms with Gasteiger partial charge >= 0.3 is 5.97 Å². The SMILES string of the molecule is CN1c2c(cccc2OC(=O)CCc2cc(C(C)(C)C)c(O)c(C(C)(C)C)c2)C=CC1C1C(=O)c2cccc([N+](=O)[O-])c2C1=O. The Bertz CT molecular complexity index is 1740. The summed E-state index contributed by atoms with van der Waals surface area (Å²) in [4.78, 5) is 52.8. The Morgan fingerprint density at radius 1 is 0.978 bits per heavy atom. The van der Waals surface area contributed by atoms with Crippen LogP contribution in [0.5, 0.6) is 11.5 Å². The van der Waals surface area contributed by atoms with Crippen LogP contribution >= 0.6 is 0 Å². The van der Waals surface area contributed by atoms with Crippen LogP contribution in [0.2, 0.25) is 0 Å². The molecule has 1 N–H and O–H groups in total. The van der Waals surface area contributed by atoms with Crippen LogP contribution < -0.4 is 9.64 Å². The van der Waals surface area contributed by atoms with E-state index in [0.717, 1.165) is 22.3 Å². The number of para-hydroxylation sites is 1. The van der Waals surface area contributed by atoms with Crippen molar-refractivity contribution in [2.24, 2.45) is 5.92 Å². The van der Waals surface area contributed by atoms with Crippen molar-refractivity contribution in [3.8, 4) is 11.5 Å². The van der Waals surface area contributed by atoms with E-state index in [1.54, 1.807) is 36.2 Å². The first kappa shape index (κ1) is 31.6. The molecule has 1 heterocycles. The second-order valence-electron chi connectivity index (χ2n) is 13.8. The average molecular weight is 611 g/mol. The molecule has 9 nitrogen and oxygen atoms in total. The van der Waals surface area contributed by atoms with Crippen LogP contribution in [-0.4, -0.2) is 40.7 Å². The summed E-state index contributed by atoms with van der Waals surface area (Å²) >= 11 is 0. The van der Waals surface area contributed by atoms with Gasteiger partial charge in [-0.3, -0.25) is 24.5 Å². The Kier molecular flexibility index (Phi) is 7.93. The monoisotopic (exact) mass is 610 g/mol. The maximum Gasteiger partial charge on any atom is 0.311 e. The van der Waals surface area contributed by atoms with E-state index in [2.05, 4.69) is 0 Å². The fourth-order valence-electron chi connectivity index (χ4n) is 6.26. The number of fused-ring (bicyclic) bond motifs is 2. The van der Waals surface area contributed by atoms with E-state index in [-0.39, 0.29) is 45.6 Å². The van der Waals surface area contributed by atoms with Gasteiger partial charge in [0.05, 0.1) is 16.7 Å². The highest BCUT2D eigenvalue weighted by Crippen LogP contribution is 2.43. The van der Waals surface area contributed by atoms with Crippen LogP contribution in [0.4, 0.5) is 11.4 Å². The van der Waals surface area contributed by atoms with Gasteiger partial charge in [0.1, 0.15) is 17.2 Å². The molecule has 0 amide bonds. The molecule has 1 aliphatic heterocycles. The molecule has 3 aromatic carbocycles. The molecule has 2 atom stereocenters. The van der Waals surface area contributed by atoms with Crippen molar-refractivity contribution in [3.05, 3.63) is 98.1 Å². The number of nitro benzene ring substituents is 1. The smallest absolute Gasteiger partial charge is 0.311 e. The third-order valence-corrected chi connectivity index (χ3v) is 8.59. The van der Waals surface area contributed by atoms with E-state index in [4.69, 9.17) is 4.74 Å². The molecule has 5 rings (SSSR count). The number of anilines is 1. The molecule has 2 aliphatic rings. The van der Waals surface area contributed by atoms with Gasteiger partial charge < -0.3 is 14.7 Å². The van der Waals surface area contributed by atoms with Crippen molar-refractivity contribution < 1.29 is 29.2 Å². The number of likely N-dealkylation sites (N-methyl/N-ethyl adjacent to an activating group) is 1. The lowest BCUT2D eigenvalue weighted by Crippen LogP contribution is -2.43. The number of Topliss-reactive ketones (excluding diaryl/α,β-unsaturated/α-hetero) is 2. The average Bonchev–Trinajstić information content (AvgIpc) is 3.21. The maximum atomic E-state index is 13.5. The summed E-state index contributed by atoms with van der Waals surface area (Å²) in [5, 5.41) is 22.7. The minimum absolute atomic E-state index is 0.0463. The number of rotatable bonds is 6. The summed E-state index contributed by atoms with van der Waals surface area (Å²) in [5.74, 6) is -2.15. The molecule has 9 heteroatoms. The van der Waals surface area contributed by atoms with E-state index in [0.29, 0.717) is 12.1 Å². The molecule has 0 spiro atoms. The highest BCUT2D eigenvalue weighted by Gasteiger charge is 2.48. The zero-order chi connectivity index (χ0) is 33.0. The minimum atomic E-state index is -1.18. The highest BCUT2D eigenvalue weighted by molar-refractivity contribution is 6.28. The summed E-state index contributed by atoms with van der Waals surface area (Å²) < 4.78 is 5.88. The van der Waals surface area contributed by atoms with Crippen molar-refractivity contribution in [2.75, 3.05) is 11.9 Å². The molecule has 3 aromatic rings. The lowest BCUT2D eigenvalue weighted by Gasteiger charge is -2.35. The molecule has 234 valence electrons. The fraction of sp³-hybridized carbons (Fsp3) is 0.361. The largest absolute Gasteiger partial charge is 0.507 e. The molecule has 0 radical (unpaired) electrons. The number of esters is 1. The predicted molar refractivity (Wildman–Crippen MR) is 172 cm³/mol. The fourth-order valence-corrected chi connectivity index (χ4v) is 6.26. The van der Waals surface area contributed by atoms with Crippen molar-refractivity contribution in [1.82, 2.24) is 0 Å². The molecular weight excluding hydrogens is 572 g/mol. The number of hydrogen-bond acceptors (Lipinski definition) is 8. The van der Waals surface area contributed by atoms with Crippen LogP contribution in [0.3, 0.4) is 0 Å². The van der Waals surface area contributed by atoms with Gasteiger partial charge in [-0.2, -0.15) is 0 Å². The van der Waals surface area contributed by atoms with Gasteiger partial charge in [-0.1, -0.05) is 90.1 Å². The van der Waals surface area contributed by atoms with E-state index >= 15 is 0 Å². The first-order valence-electron chi connectivity index (χ1n) is 15.0. The summed E-state index contributed by atoms with van der Waals surface area (Å²) in [7, 11) is 1.71. The molecule has 45 heavy (non-hydrogen) atoms. The number of nitro groups is 1. The lowest BCUT2D eigenvalue weighted by atomic mass is 9.78. The third kappa shape index (κ3) is 5.75. The Labute approximate surface area is 262 Å². The maximum absolute atomic E-state index is 13.5. The van der Waals surface area contributed by atoms with Crippen LogP contribution in [-0.2, 0) is 22.0 Å². The van der Waals surface area contributed by atoms with E-state index in [1.807, 2.05) is 59.7 Å². The highest BCUT2D eigenvalue weighted by atomic mass is 16.6.